The molecule has 19 heavy (non-hydrogen) atoms. The number of rotatable bonds is 5. The standard InChI is InChI=1S/C14H15N3OS/c15-9-3-4-10-7-8-13(18-10)19-14-16-11-5-1-2-6-12(11)17-14/h1-2,5-8H,3-4,9,15H2,(H,16,17). The van der Waals surface area contributed by atoms with Gasteiger partial charge < -0.3 is 15.1 Å². The van der Waals surface area contributed by atoms with Gasteiger partial charge >= 0.3 is 0 Å². The van der Waals surface area contributed by atoms with Crippen LogP contribution < -0.4 is 5.73 Å². The van der Waals surface area contributed by atoms with E-state index in [-0.39, 0.29) is 0 Å². The second-order valence-corrected chi connectivity index (χ2v) is 5.27. The largest absolute Gasteiger partial charge is 0.454 e. The molecule has 2 heterocycles. The van der Waals surface area contributed by atoms with Crippen LogP contribution in [-0.4, -0.2) is 16.5 Å². The fourth-order valence-corrected chi connectivity index (χ4v) is 2.68. The number of aromatic nitrogens is 2. The highest BCUT2D eigenvalue weighted by atomic mass is 32.2. The first-order chi connectivity index (χ1) is 9.35. The van der Waals surface area contributed by atoms with E-state index in [1.165, 1.54) is 11.8 Å². The number of nitrogens with zero attached hydrogens (tertiary/aromatic N) is 1. The zero-order chi connectivity index (χ0) is 13.1. The van der Waals surface area contributed by atoms with Crippen LogP contribution in [0.5, 0.6) is 0 Å². The molecule has 0 saturated carbocycles. The van der Waals surface area contributed by atoms with Crippen LogP contribution in [0.25, 0.3) is 11.0 Å². The quantitative estimate of drug-likeness (QED) is 0.749. The maximum atomic E-state index is 5.73. The molecule has 0 fully saturated rings. The number of hydrogen-bond acceptors (Lipinski definition) is 4. The van der Waals surface area contributed by atoms with Gasteiger partial charge in [0.05, 0.1) is 11.0 Å². The van der Waals surface area contributed by atoms with Gasteiger partial charge in [-0.1, -0.05) is 12.1 Å². The number of hydrogen-bond donors (Lipinski definition) is 2. The Labute approximate surface area is 115 Å². The predicted molar refractivity (Wildman–Crippen MR) is 76.3 cm³/mol. The number of aromatic amines is 1. The first-order valence-corrected chi connectivity index (χ1v) is 7.08. The summed E-state index contributed by atoms with van der Waals surface area (Å²) in [5, 5.41) is 1.70. The number of aryl methyl sites for hydroxylation is 1. The number of imidazole rings is 1. The molecule has 4 nitrogen and oxygen atoms in total. The van der Waals surface area contributed by atoms with E-state index in [1.807, 2.05) is 36.4 Å². The van der Waals surface area contributed by atoms with Crippen LogP contribution in [0.2, 0.25) is 0 Å². The Bertz CT molecular complexity index is 641. The number of H-pyrrole nitrogens is 1. The lowest BCUT2D eigenvalue weighted by Crippen LogP contribution is -1.99. The van der Waals surface area contributed by atoms with Crippen LogP contribution >= 0.6 is 11.8 Å². The third-order valence-electron chi connectivity index (χ3n) is 2.83. The van der Waals surface area contributed by atoms with Crippen LogP contribution in [0.1, 0.15) is 12.2 Å². The van der Waals surface area contributed by atoms with Crippen LogP contribution in [0.4, 0.5) is 0 Å². The van der Waals surface area contributed by atoms with Crippen molar-refractivity contribution in [2.45, 2.75) is 23.1 Å². The van der Waals surface area contributed by atoms with E-state index in [2.05, 4.69) is 9.97 Å². The maximum absolute atomic E-state index is 5.73. The van der Waals surface area contributed by atoms with Crippen molar-refractivity contribution in [3.05, 3.63) is 42.2 Å². The summed E-state index contributed by atoms with van der Waals surface area (Å²) < 4.78 is 5.73. The SMILES string of the molecule is NCCCc1ccc(Sc2nc3ccccc3[nH]2)o1. The molecule has 0 bridgehead atoms. The van der Waals surface area contributed by atoms with Gasteiger partial charge in [0.25, 0.3) is 0 Å². The summed E-state index contributed by atoms with van der Waals surface area (Å²) in [6.45, 7) is 0.687. The fourth-order valence-electron chi connectivity index (χ4n) is 1.90. The van der Waals surface area contributed by atoms with E-state index in [0.717, 1.165) is 39.9 Å². The number of fused-ring (bicyclic) bond motifs is 1. The third-order valence-corrected chi connectivity index (χ3v) is 3.64. The van der Waals surface area contributed by atoms with Crippen LogP contribution in [0.3, 0.4) is 0 Å². The molecule has 0 aliphatic carbocycles. The normalized spacial score (nSPS) is 11.2. The van der Waals surface area contributed by atoms with E-state index in [1.54, 1.807) is 0 Å². The molecule has 3 rings (SSSR count). The lowest BCUT2D eigenvalue weighted by atomic mass is 10.2. The average molecular weight is 273 g/mol. The summed E-state index contributed by atoms with van der Waals surface area (Å²) in [5.74, 6) is 0.976. The average Bonchev–Trinajstić information content (AvgIpc) is 3.02. The Morgan fingerprint density at radius 3 is 2.95 bits per heavy atom. The van der Waals surface area contributed by atoms with E-state index in [4.69, 9.17) is 10.2 Å². The summed E-state index contributed by atoms with van der Waals surface area (Å²) in [7, 11) is 0. The molecule has 98 valence electrons. The number of nitrogens with two attached hydrogens (primary N) is 1. The summed E-state index contributed by atoms with van der Waals surface area (Å²) >= 11 is 1.50. The topological polar surface area (TPSA) is 67.8 Å². The lowest BCUT2D eigenvalue weighted by molar-refractivity contribution is 0.428. The van der Waals surface area contributed by atoms with Gasteiger partial charge in [0, 0.05) is 6.42 Å². The zero-order valence-electron chi connectivity index (χ0n) is 10.4. The van der Waals surface area contributed by atoms with Crippen molar-refractivity contribution >= 4 is 22.8 Å². The molecule has 5 heteroatoms. The van der Waals surface area contributed by atoms with Gasteiger partial charge in [-0.25, -0.2) is 4.98 Å². The molecule has 0 unspecified atom stereocenters. The minimum atomic E-state index is 0.687. The van der Waals surface area contributed by atoms with Gasteiger partial charge in [-0.15, -0.1) is 0 Å². The molecule has 3 N–H and O–H groups in total. The van der Waals surface area contributed by atoms with Crippen molar-refractivity contribution in [1.82, 2.24) is 9.97 Å². The Kier molecular flexibility index (Phi) is 3.57. The fraction of sp³-hybridized carbons (Fsp3) is 0.214. The highest BCUT2D eigenvalue weighted by molar-refractivity contribution is 7.99. The van der Waals surface area contributed by atoms with Gasteiger partial charge in [-0.3, -0.25) is 0 Å². The van der Waals surface area contributed by atoms with Crippen LogP contribution in [0.15, 0.2) is 51.1 Å². The summed E-state index contributed by atoms with van der Waals surface area (Å²) in [6.07, 6.45) is 1.83. The summed E-state index contributed by atoms with van der Waals surface area (Å²) in [5.41, 5.74) is 7.50. The van der Waals surface area contributed by atoms with Crippen molar-refractivity contribution in [3.8, 4) is 0 Å². The van der Waals surface area contributed by atoms with Crippen molar-refractivity contribution in [2.24, 2.45) is 5.73 Å². The van der Waals surface area contributed by atoms with E-state index in [0.29, 0.717) is 6.54 Å². The molecule has 0 radical (unpaired) electrons. The molecule has 0 aliphatic heterocycles. The number of para-hydroxylation sites is 2. The van der Waals surface area contributed by atoms with Gasteiger partial charge in [0.1, 0.15) is 5.76 Å². The van der Waals surface area contributed by atoms with Crippen molar-refractivity contribution < 1.29 is 4.42 Å². The Morgan fingerprint density at radius 2 is 2.11 bits per heavy atom. The van der Waals surface area contributed by atoms with Gasteiger partial charge in [0.2, 0.25) is 0 Å². The van der Waals surface area contributed by atoms with E-state index >= 15 is 0 Å². The predicted octanol–water partition coefficient (Wildman–Crippen LogP) is 3.20. The number of nitrogens with one attached hydrogen (secondary N) is 1. The van der Waals surface area contributed by atoms with Gasteiger partial charge in [-0.05, 0) is 49.0 Å². The molecule has 0 atom stereocenters. The first kappa shape index (κ1) is 12.3. The molecular weight excluding hydrogens is 258 g/mol. The zero-order valence-corrected chi connectivity index (χ0v) is 11.2. The molecule has 0 spiro atoms. The molecule has 3 aromatic rings. The van der Waals surface area contributed by atoms with Crippen molar-refractivity contribution in [1.29, 1.82) is 0 Å². The summed E-state index contributed by atoms with van der Waals surface area (Å²) in [4.78, 5) is 7.78. The van der Waals surface area contributed by atoms with Crippen LogP contribution in [0, 0.1) is 0 Å². The smallest absolute Gasteiger partial charge is 0.174 e. The maximum Gasteiger partial charge on any atom is 0.174 e. The monoisotopic (exact) mass is 273 g/mol. The van der Waals surface area contributed by atoms with Crippen LogP contribution in [-0.2, 0) is 6.42 Å². The van der Waals surface area contributed by atoms with Gasteiger partial charge in [-0.2, -0.15) is 0 Å². The third kappa shape index (κ3) is 2.83. The van der Waals surface area contributed by atoms with Crippen molar-refractivity contribution in [2.75, 3.05) is 6.54 Å². The number of furan rings is 1. The molecule has 0 aliphatic rings. The minimum absolute atomic E-state index is 0.687. The highest BCUT2D eigenvalue weighted by Gasteiger charge is 2.07. The Hall–Kier alpha value is -1.72. The molecule has 0 amide bonds. The molecule has 0 saturated heterocycles. The number of benzene rings is 1. The Balaban J connectivity index is 1.75. The molecule has 2 aromatic heterocycles. The second kappa shape index (κ2) is 5.50. The van der Waals surface area contributed by atoms with E-state index in [9.17, 15) is 0 Å². The first-order valence-electron chi connectivity index (χ1n) is 6.26. The Morgan fingerprint density at radius 1 is 1.21 bits per heavy atom. The second-order valence-electron chi connectivity index (χ2n) is 4.27. The lowest BCUT2D eigenvalue weighted by Gasteiger charge is -1.94. The highest BCUT2D eigenvalue weighted by Crippen LogP contribution is 2.28. The minimum Gasteiger partial charge on any atom is -0.454 e. The molecule has 1 aromatic carbocycles. The van der Waals surface area contributed by atoms with E-state index < -0.39 is 0 Å². The van der Waals surface area contributed by atoms with Crippen molar-refractivity contribution in [3.63, 3.8) is 0 Å². The van der Waals surface area contributed by atoms with Gasteiger partial charge in [0.15, 0.2) is 10.2 Å². The summed E-state index contributed by atoms with van der Waals surface area (Å²) in [6, 6.07) is 12.0. The molecular formula is C14H15N3OS.